The van der Waals surface area contributed by atoms with Crippen LogP contribution in [0.2, 0.25) is 0 Å². The Hall–Kier alpha value is -3.09. The van der Waals surface area contributed by atoms with Crippen molar-refractivity contribution in [2.24, 2.45) is 0 Å². The molecule has 0 heterocycles. The van der Waals surface area contributed by atoms with Crippen LogP contribution in [-0.2, 0) is 22.6 Å². The lowest BCUT2D eigenvalue weighted by Crippen LogP contribution is -2.49. The maximum Gasteiger partial charge on any atom is 0.242 e. The summed E-state index contributed by atoms with van der Waals surface area (Å²) in [7, 11) is 3.13. The molecule has 0 aromatic heterocycles. The van der Waals surface area contributed by atoms with E-state index in [1.807, 2.05) is 26.0 Å². The fourth-order valence-corrected chi connectivity index (χ4v) is 3.27. The molecular weight excluding hydrogens is 411 g/mol. The SMILES string of the molecule is CC[C@@H](C)NC(=O)[C@@H](C)N(Cc1ccc(F)cc1)C(=O)CCc1ccc(OC)c(OC)c1. The van der Waals surface area contributed by atoms with Crippen molar-refractivity contribution in [3.63, 3.8) is 0 Å². The average Bonchev–Trinajstić information content (AvgIpc) is 2.81. The first kappa shape index (κ1) is 25.2. The van der Waals surface area contributed by atoms with Crippen molar-refractivity contribution in [1.82, 2.24) is 10.2 Å². The maximum absolute atomic E-state index is 13.3. The van der Waals surface area contributed by atoms with E-state index in [-0.39, 0.29) is 36.6 Å². The molecule has 0 aliphatic carbocycles. The monoisotopic (exact) mass is 444 g/mol. The van der Waals surface area contributed by atoms with Crippen molar-refractivity contribution in [3.8, 4) is 11.5 Å². The number of carbonyl (C=O) groups excluding carboxylic acids is 2. The smallest absolute Gasteiger partial charge is 0.242 e. The molecule has 0 saturated heterocycles. The minimum absolute atomic E-state index is 0.0134. The quantitative estimate of drug-likeness (QED) is 0.566. The Kier molecular flexibility index (Phi) is 9.50. The summed E-state index contributed by atoms with van der Waals surface area (Å²) in [5.74, 6) is 0.511. The largest absolute Gasteiger partial charge is 0.493 e. The summed E-state index contributed by atoms with van der Waals surface area (Å²) in [4.78, 5) is 27.5. The van der Waals surface area contributed by atoms with Crippen LogP contribution < -0.4 is 14.8 Å². The van der Waals surface area contributed by atoms with E-state index in [0.29, 0.717) is 17.9 Å². The standard InChI is InChI=1S/C25H33FN2O4/c1-6-17(2)27-25(30)18(3)28(16-20-7-11-21(26)12-8-20)24(29)14-10-19-9-13-22(31-4)23(15-19)32-5/h7-9,11-13,15,17-18H,6,10,14,16H2,1-5H3,(H,27,30)/t17-,18-/m1/s1. The van der Waals surface area contributed by atoms with Gasteiger partial charge in [-0.1, -0.05) is 25.1 Å². The van der Waals surface area contributed by atoms with Crippen molar-refractivity contribution in [2.75, 3.05) is 14.2 Å². The number of halogens is 1. The zero-order chi connectivity index (χ0) is 23.7. The van der Waals surface area contributed by atoms with Gasteiger partial charge in [0, 0.05) is 19.0 Å². The molecule has 0 saturated carbocycles. The van der Waals surface area contributed by atoms with Gasteiger partial charge < -0.3 is 19.7 Å². The molecule has 0 radical (unpaired) electrons. The number of ether oxygens (including phenoxy) is 2. The van der Waals surface area contributed by atoms with E-state index >= 15 is 0 Å². The topological polar surface area (TPSA) is 67.9 Å². The second-order valence-electron chi connectivity index (χ2n) is 7.83. The number of aryl methyl sites for hydroxylation is 1. The molecule has 6 nitrogen and oxygen atoms in total. The van der Waals surface area contributed by atoms with Gasteiger partial charge in [0.05, 0.1) is 14.2 Å². The fraction of sp³-hybridized carbons (Fsp3) is 0.440. The molecule has 7 heteroatoms. The van der Waals surface area contributed by atoms with Crippen molar-refractivity contribution < 1.29 is 23.5 Å². The van der Waals surface area contributed by atoms with E-state index in [1.165, 1.54) is 12.1 Å². The molecule has 0 aliphatic rings. The molecule has 32 heavy (non-hydrogen) atoms. The minimum Gasteiger partial charge on any atom is -0.493 e. The fourth-order valence-electron chi connectivity index (χ4n) is 3.27. The number of methoxy groups -OCH3 is 2. The molecule has 0 fully saturated rings. The van der Waals surface area contributed by atoms with E-state index < -0.39 is 6.04 Å². The summed E-state index contributed by atoms with van der Waals surface area (Å²) in [6, 6.07) is 10.8. The molecule has 2 amide bonds. The van der Waals surface area contributed by atoms with Gasteiger partial charge in [-0.2, -0.15) is 0 Å². The summed E-state index contributed by atoms with van der Waals surface area (Å²) in [6.45, 7) is 5.85. The lowest BCUT2D eigenvalue weighted by molar-refractivity contribution is -0.140. The highest BCUT2D eigenvalue weighted by molar-refractivity contribution is 5.87. The Morgan fingerprint density at radius 2 is 1.62 bits per heavy atom. The predicted octanol–water partition coefficient (Wildman–Crippen LogP) is 4.11. The molecule has 0 aliphatic heterocycles. The molecule has 2 atom stereocenters. The molecule has 174 valence electrons. The van der Waals surface area contributed by atoms with Crippen LogP contribution in [0.5, 0.6) is 11.5 Å². The van der Waals surface area contributed by atoms with Crippen molar-refractivity contribution in [1.29, 1.82) is 0 Å². The van der Waals surface area contributed by atoms with Crippen LogP contribution in [0.4, 0.5) is 4.39 Å². The van der Waals surface area contributed by atoms with Crippen molar-refractivity contribution in [2.45, 2.75) is 58.7 Å². The van der Waals surface area contributed by atoms with Gasteiger partial charge in [-0.3, -0.25) is 9.59 Å². The molecule has 2 aromatic carbocycles. The number of nitrogens with one attached hydrogen (secondary N) is 1. The second kappa shape index (κ2) is 12.1. The van der Waals surface area contributed by atoms with E-state index in [0.717, 1.165) is 17.5 Å². The lowest BCUT2D eigenvalue weighted by Gasteiger charge is -2.30. The molecule has 1 N–H and O–H groups in total. The summed E-state index contributed by atoms with van der Waals surface area (Å²) < 4.78 is 23.9. The van der Waals surface area contributed by atoms with Crippen LogP contribution in [0.15, 0.2) is 42.5 Å². The van der Waals surface area contributed by atoms with Gasteiger partial charge in [-0.15, -0.1) is 0 Å². The highest BCUT2D eigenvalue weighted by Gasteiger charge is 2.26. The van der Waals surface area contributed by atoms with E-state index in [2.05, 4.69) is 5.32 Å². The predicted molar refractivity (Wildman–Crippen MR) is 122 cm³/mol. The van der Waals surface area contributed by atoms with E-state index in [1.54, 1.807) is 44.2 Å². The number of carbonyl (C=O) groups is 2. The first-order valence-corrected chi connectivity index (χ1v) is 10.8. The summed E-state index contributed by atoms with van der Waals surface area (Å²) in [5, 5.41) is 2.94. The third-order valence-corrected chi connectivity index (χ3v) is 5.51. The third-order valence-electron chi connectivity index (χ3n) is 5.51. The molecule has 0 unspecified atom stereocenters. The molecule has 0 spiro atoms. The highest BCUT2D eigenvalue weighted by atomic mass is 19.1. The van der Waals surface area contributed by atoms with E-state index in [4.69, 9.17) is 9.47 Å². The van der Waals surface area contributed by atoms with Crippen LogP contribution in [-0.4, -0.2) is 43.0 Å². The van der Waals surface area contributed by atoms with Gasteiger partial charge in [-0.25, -0.2) is 4.39 Å². The van der Waals surface area contributed by atoms with Crippen LogP contribution in [0.3, 0.4) is 0 Å². The third kappa shape index (κ3) is 6.97. The van der Waals surface area contributed by atoms with Crippen molar-refractivity contribution >= 4 is 11.8 Å². The van der Waals surface area contributed by atoms with Gasteiger partial charge in [0.25, 0.3) is 0 Å². The minimum atomic E-state index is -0.660. The highest BCUT2D eigenvalue weighted by Crippen LogP contribution is 2.28. The van der Waals surface area contributed by atoms with Crippen molar-refractivity contribution in [3.05, 3.63) is 59.4 Å². The lowest BCUT2D eigenvalue weighted by atomic mass is 10.1. The first-order chi connectivity index (χ1) is 15.3. The Balaban J connectivity index is 2.17. The molecule has 2 rings (SSSR count). The van der Waals surface area contributed by atoms with Crippen LogP contribution >= 0.6 is 0 Å². The van der Waals surface area contributed by atoms with Gasteiger partial charge in [0.15, 0.2) is 11.5 Å². The Labute approximate surface area is 189 Å². The Morgan fingerprint density at radius 1 is 1.00 bits per heavy atom. The van der Waals surface area contributed by atoms with Crippen LogP contribution in [0.1, 0.15) is 44.7 Å². The number of nitrogens with zero attached hydrogens (tertiary/aromatic N) is 1. The molecular formula is C25H33FN2O4. The van der Waals surface area contributed by atoms with Gasteiger partial charge >= 0.3 is 0 Å². The number of benzene rings is 2. The van der Waals surface area contributed by atoms with Crippen LogP contribution in [0.25, 0.3) is 0 Å². The molecule has 2 aromatic rings. The summed E-state index contributed by atoms with van der Waals surface area (Å²) in [6.07, 6.45) is 1.50. The van der Waals surface area contributed by atoms with Gasteiger partial charge in [-0.05, 0) is 62.1 Å². The second-order valence-corrected chi connectivity index (χ2v) is 7.83. The zero-order valence-corrected chi connectivity index (χ0v) is 19.5. The average molecular weight is 445 g/mol. The summed E-state index contributed by atoms with van der Waals surface area (Å²) >= 11 is 0. The van der Waals surface area contributed by atoms with Crippen LogP contribution in [0, 0.1) is 5.82 Å². The first-order valence-electron chi connectivity index (χ1n) is 10.8. The molecule has 0 bridgehead atoms. The van der Waals surface area contributed by atoms with Gasteiger partial charge in [0.2, 0.25) is 11.8 Å². The van der Waals surface area contributed by atoms with Gasteiger partial charge in [0.1, 0.15) is 11.9 Å². The normalized spacial score (nSPS) is 12.6. The number of rotatable bonds is 11. The maximum atomic E-state index is 13.3. The summed E-state index contributed by atoms with van der Waals surface area (Å²) in [5.41, 5.74) is 1.68. The Bertz CT molecular complexity index is 901. The number of amides is 2. The zero-order valence-electron chi connectivity index (χ0n) is 19.5. The number of hydrogen-bond donors (Lipinski definition) is 1. The Morgan fingerprint density at radius 3 is 2.22 bits per heavy atom. The van der Waals surface area contributed by atoms with E-state index in [9.17, 15) is 14.0 Å². The number of hydrogen-bond acceptors (Lipinski definition) is 4.